The molecular formula is C12H12N2O3. The van der Waals surface area contributed by atoms with Crippen LogP contribution in [-0.4, -0.2) is 20.9 Å². The summed E-state index contributed by atoms with van der Waals surface area (Å²) >= 11 is 0. The fraction of sp³-hybridized carbons (Fsp3) is 0.167. The number of aryl methyl sites for hydroxylation is 1. The van der Waals surface area contributed by atoms with Gasteiger partial charge in [0.25, 0.3) is 0 Å². The molecule has 2 rings (SSSR count). The zero-order valence-electron chi connectivity index (χ0n) is 9.33. The molecule has 0 aliphatic heterocycles. The van der Waals surface area contributed by atoms with E-state index in [9.17, 15) is 4.79 Å². The van der Waals surface area contributed by atoms with Crippen LogP contribution in [0.2, 0.25) is 0 Å². The Morgan fingerprint density at radius 3 is 2.59 bits per heavy atom. The number of benzene rings is 1. The molecule has 0 saturated heterocycles. The molecular weight excluding hydrogens is 220 g/mol. The second-order valence-corrected chi connectivity index (χ2v) is 3.60. The monoisotopic (exact) mass is 232 g/mol. The Kier molecular flexibility index (Phi) is 3.09. The lowest BCUT2D eigenvalue weighted by molar-refractivity contribution is 0.0697. The van der Waals surface area contributed by atoms with Gasteiger partial charge in [-0.1, -0.05) is 0 Å². The minimum absolute atomic E-state index is 0.246. The van der Waals surface area contributed by atoms with Gasteiger partial charge in [-0.15, -0.1) is 0 Å². The summed E-state index contributed by atoms with van der Waals surface area (Å²) in [5.41, 5.74) is 1.07. The van der Waals surface area contributed by atoms with Gasteiger partial charge in [-0.3, -0.25) is 4.68 Å². The fourth-order valence-electron chi connectivity index (χ4n) is 1.39. The van der Waals surface area contributed by atoms with E-state index in [0.29, 0.717) is 12.4 Å². The standard InChI is InChI=1S/C12H12N2O3/c1-14-7-6-10(13-14)8-17-11-4-2-9(3-5-11)12(15)16/h2-7H,8H2,1H3,(H,15,16). The lowest BCUT2D eigenvalue weighted by Crippen LogP contribution is -1.99. The van der Waals surface area contributed by atoms with Crippen LogP contribution in [0.5, 0.6) is 5.75 Å². The molecule has 0 spiro atoms. The highest BCUT2D eigenvalue weighted by molar-refractivity contribution is 5.87. The van der Waals surface area contributed by atoms with Gasteiger partial charge in [-0.05, 0) is 30.3 Å². The molecule has 0 saturated carbocycles. The summed E-state index contributed by atoms with van der Waals surface area (Å²) in [5, 5.41) is 12.9. The third kappa shape index (κ3) is 2.84. The van der Waals surface area contributed by atoms with Gasteiger partial charge in [0.2, 0.25) is 0 Å². The molecule has 2 aromatic rings. The smallest absolute Gasteiger partial charge is 0.335 e. The molecule has 5 heteroatoms. The molecule has 1 heterocycles. The fourth-order valence-corrected chi connectivity index (χ4v) is 1.39. The van der Waals surface area contributed by atoms with Crippen molar-refractivity contribution >= 4 is 5.97 Å². The lowest BCUT2D eigenvalue weighted by Gasteiger charge is -2.04. The van der Waals surface area contributed by atoms with Crippen LogP contribution in [0.3, 0.4) is 0 Å². The highest BCUT2D eigenvalue weighted by Gasteiger charge is 2.03. The Morgan fingerprint density at radius 1 is 1.35 bits per heavy atom. The van der Waals surface area contributed by atoms with E-state index in [4.69, 9.17) is 9.84 Å². The zero-order chi connectivity index (χ0) is 12.3. The van der Waals surface area contributed by atoms with E-state index in [0.717, 1.165) is 5.69 Å². The summed E-state index contributed by atoms with van der Waals surface area (Å²) in [6.45, 7) is 0.368. The number of nitrogens with zero attached hydrogens (tertiary/aromatic N) is 2. The second-order valence-electron chi connectivity index (χ2n) is 3.60. The molecule has 0 bridgehead atoms. The van der Waals surface area contributed by atoms with Gasteiger partial charge >= 0.3 is 5.97 Å². The van der Waals surface area contributed by atoms with Crippen molar-refractivity contribution in [3.63, 3.8) is 0 Å². The molecule has 88 valence electrons. The highest BCUT2D eigenvalue weighted by Crippen LogP contribution is 2.13. The first-order valence-electron chi connectivity index (χ1n) is 5.10. The van der Waals surface area contributed by atoms with E-state index in [-0.39, 0.29) is 5.56 Å². The van der Waals surface area contributed by atoms with Gasteiger partial charge in [0.1, 0.15) is 12.4 Å². The van der Waals surface area contributed by atoms with Gasteiger partial charge in [-0.25, -0.2) is 4.79 Å². The van der Waals surface area contributed by atoms with Crippen molar-refractivity contribution in [3.05, 3.63) is 47.8 Å². The number of carbonyl (C=O) groups is 1. The number of hydrogen-bond acceptors (Lipinski definition) is 3. The molecule has 0 unspecified atom stereocenters. The van der Waals surface area contributed by atoms with Crippen LogP contribution in [0, 0.1) is 0 Å². The predicted octanol–water partition coefficient (Wildman–Crippen LogP) is 1.70. The minimum atomic E-state index is -0.943. The van der Waals surface area contributed by atoms with Gasteiger partial charge in [-0.2, -0.15) is 5.10 Å². The van der Waals surface area contributed by atoms with E-state index in [1.54, 1.807) is 16.8 Å². The summed E-state index contributed by atoms with van der Waals surface area (Å²) in [4.78, 5) is 10.6. The van der Waals surface area contributed by atoms with Crippen molar-refractivity contribution in [2.75, 3.05) is 0 Å². The maximum absolute atomic E-state index is 10.6. The van der Waals surface area contributed by atoms with Crippen LogP contribution in [-0.2, 0) is 13.7 Å². The molecule has 1 aromatic heterocycles. The van der Waals surface area contributed by atoms with Crippen molar-refractivity contribution in [1.82, 2.24) is 9.78 Å². The maximum atomic E-state index is 10.6. The first-order valence-corrected chi connectivity index (χ1v) is 5.10. The van der Waals surface area contributed by atoms with E-state index < -0.39 is 5.97 Å². The third-order valence-corrected chi connectivity index (χ3v) is 2.26. The van der Waals surface area contributed by atoms with Crippen LogP contribution < -0.4 is 4.74 Å². The lowest BCUT2D eigenvalue weighted by atomic mass is 10.2. The molecule has 0 aliphatic rings. The second kappa shape index (κ2) is 4.69. The van der Waals surface area contributed by atoms with Crippen molar-refractivity contribution in [2.24, 2.45) is 7.05 Å². The Bertz CT molecular complexity index is 517. The van der Waals surface area contributed by atoms with Crippen LogP contribution in [0.15, 0.2) is 36.5 Å². The first kappa shape index (κ1) is 11.2. The van der Waals surface area contributed by atoms with Gasteiger partial charge in [0.05, 0.1) is 11.3 Å². The van der Waals surface area contributed by atoms with Crippen molar-refractivity contribution in [1.29, 1.82) is 0 Å². The Balaban J connectivity index is 1.97. The quantitative estimate of drug-likeness (QED) is 0.871. The molecule has 0 fully saturated rings. The van der Waals surface area contributed by atoms with E-state index in [1.807, 2.05) is 19.3 Å². The molecule has 0 atom stereocenters. The summed E-state index contributed by atoms with van der Waals surface area (Å²) in [5.74, 6) is -0.318. The first-order chi connectivity index (χ1) is 8.15. The van der Waals surface area contributed by atoms with E-state index in [2.05, 4.69) is 5.10 Å². The third-order valence-electron chi connectivity index (χ3n) is 2.26. The van der Waals surface area contributed by atoms with Crippen LogP contribution >= 0.6 is 0 Å². The summed E-state index contributed by atoms with van der Waals surface area (Å²) in [7, 11) is 1.84. The topological polar surface area (TPSA) is 64.3 Å². The molecule has 1 aromatic carbocycles. The molecule has 5 nitrogen and oxygen atoms in total. The van der Waals surface area contributed by atoms with Crippen molar-refractivity contribution in [3.8, 4) is 5.75 Å². The Labute approximate surface area is 98.3 Å². The molecule has 1 N–H and O–H groups in total. The zero-order valence-corrected chi connectivity index (χ0v) is 9.33. The van der Waals surface area contributed by atoms with Crippen molar-refractivity contribution < 1.29 is 14.6 Å². The van der Waals surface area contributed by atoms with Gasteiger partial charge < -0.3 is 9.84 Å². The predicted molar refractivity (Wildman–Crippen MR) is 60.9 cm³/mol. The largest absolute Gasteiger partial charge is 0.487 e. The summed E-state index contributed by atoms with van der Waals surface area (Å²) < 4.78 is 7.17. The Hall–Kier alpha value is -2.30. The van der Waals surface area contributed by atoms with Crippen LogP contribution in [0.4, 0.5) is 0 Å². The van der Waals surface area contributed by atoms with E-state index >= 15 is 0 Å². The van der Waals surface area contributed by atoms with Gasteiger partial charge in [0, 0.05) is 13.2 Å². The van der Waals surface area contributed by atoms with Gasteiger partial charge in [0.15, 0.2) is 0 Å². The Morgan fingerprint density at radius 2 is 2.06 bits per heavy atom. The van der Waals surface area contributed by atoms with Crippen LogP contribution in [0.25, 0.3) is 0 Å². The maximum Gasteiger partial charge on any atom is 0.335 e. The van der Waals surface area contributed by atoms with Crippen molar-refractivity contribution in [2.45, 2.75) is 6.61 Å². The number of carboxylic acid groups (broad SMARTS) is 1. The number of hydrogen-bond donors (Lipinski definition) is 1. The molecule has 17 heavy (non-hydrogen) atoms. The number of rotatable bonds is 4. The molecule has 0 radical (unpaired) electrons. The summed E-state index contributed by atoms with van der Waals surface area (Å²) in [6.07, 6.45) is 1.84. The SMILES string of the molecule is Cn1ccc(COc2ccc(C(=O)O)cc2)n1. The number of aromatic nitrogens is 2. The van der Waals surface area contributed by atoms with Crippen LogP contribution in [0.1, 0.15) is 16.1 Å². The average molecular weight is 232 g/mol. The summed E-state index contributed by atoms with van der Waals surface area (Å²) in [6, 6.07) is 8.15. The minimum Gasteiger partial charge on any atom is -0.487 e. The number of carboxylic acids is 1. The number of aromatic carboxylic acids is 1. The number of ether oxygens (including phenoxy) is 1. The average Bonchev–Trinajstić information content (AvgIpc) is 2.73. The van der Waals surface area contributed by atoms with E-state index in [1.165, 1.54) is 12.1 Å². The molecule has 0 amide bonds. The highest BCUT2D eigenvalue weighted by atomic mass is 16.5. The molecule has 0 aliphatic carbocycles. The normalized spacial score (nSPS) is 10.2.